The van der Waals surface area contributed by atoms with Gasteiger partial charge in [-0.3, -0.25) is 4.79 Å². The first-order valence-corrected chi connectivity index (χ1v) is 8.26. The molecule has 0 bridgehead atoms. The number of methoxy groups -OCH3 is 2. The molecular weight excluding hydrogens is 358 g/mol. The molecule has 0 fully saturated rings. The number of anilines is 3. The number of nitriles is 1. The summed E-state index contributed by atoms with van der Waals surface area (Å²) in [6.45, 7) is 0. The Morgan fingerprint density at radius 2 is 1.86 bits per heavy atom. The zero-order valence-corrected chi connectivity index (χ0v) is 15.3. The van der Waals surface area contributed by atoms with Crippen LogP contribution in [0.1, 0.15) is 16.1 Å². The van der Waals surface area contributed by atoms with Crippen LogP contribution in [0, 0.1) is 11.3 Å². The predicted octanol–water partition coefficient (Wildman–Crippen LogP) is 3.36. The van der Waals surface area contributed by atoms with Gasteiger partial charge in [-0.1, -0.05) is 0 Å². The fourth-order valence-electron chi connectivity index (χ4n) is 2.40. The predicted molar refractivity (Wildman–Crippen MR) is 104 cm³/mol. The summed E-state index contributed by atoms with van der Waals surface area (Å²) in [6, 6.07) is 15.5. The van der Waals surface area contributed by atoms with Crippen molar-refractivity contribution >= 4 is 23.2 Å². The van der Waals surface area contributed by atoms with E-state index in [0.717, 1.165) is 0 Å². The number of carbonyl (C=O) groups excluding carboxylic acids is 1. The van der Waals surface area contributed by atoms with E-state index in [2.05, 4.69) is 26.7 Å². The first-order chi connectivity index (χ1) is 13.6. The van der Waals surface area contributed by atoms with E-state index >= 15 is 0 Å². The van der Waals surface area contributed by atoms with Gasteiger partial charge in [0.25, 0.3) is 5.91 Å². The molecule has 0 saturated heterocycles. The third kappa shape index (κ3) is 4.34. The summed E-state index contributed by atoms with van der Waals surface area (Å²) in [4.78, 5) is 21.0. The van der Waals surface area contributed by atoms with E-state index in [-0.39, 0.29) is 11.6 Å². The zero-order chi connectivity index (χ0) is 19.9. The monoisotopic (exact) mass is 375 g/mol. The molecule has 3 rings (SSSR count). The van der Waals surface area contributed by atoms with E-state index in [1.54, 1.807) is 49.6 Å². The minimum atomic E-state index is -0.420. The van der Waals surface area contributed by atoms with Crippen molar-refractivity contribution in [1.82, 2.24) is 9.97 Å². The van der Waals surface area contributed by atoms with E-state index in [1.165, 1.54) is 19.4 Å². The Labute approximate surface area is 161 Å². The molecule has 140 valence electrons. The van der Waals surface area contributed by atoms with E-state index in [1.807, 2.05) is 0 Å². The molecule has 8 heteroatoms. The van der Waals surface area contributed by atoms with Crippen molar-refractivity contribution < 1.29 is 14.3 Å². The molecule has 0 atom stereocenters. The van der Waals surface area contributed by atoms with Crippen LogP contribution in [-0.2, 0) is 0 Å². The van der Waals surface area contributed by atoms with Crippen molar-refractivity contribution in [2.75, 3.05) is 24.9 Å². The van der Waals surface area contributed by atoms with Crippen LogP contribution in [0.2, 0.25) is 0 Å². The van der Waals surface area contributed by atoms with E-state index in [9.17, 15) is 4.79 Å². The van der Waals surface area contributed by atoms with Crippen LogP contribution in [0.5, 0.6) is 11.5 Å². The first kappa shape index (κ1) is 18.7. The zero-order valence-electron chi connectivity index (χ0n) is 15.3. The Kier molecular flexibility index (Phi) is 5.67. The van der Waals surface area contributed by atoms with Gasteiger partial charge in [0.05, 0.1) is 31.5 Å². The molecule has 0 radical (unpaired) electrons. The molecule has 2 aromatic carbocycles. The van der Waals surface area contributed by atoms with Crippen molar-refractivity contribution in [2.45, 2.75) is 0 Å². The average Bonchev–Trinajstić information content (AvgIpc) is 2.74. The highest BCUT2D eigenvalue weighted by atomic mass is 16.5. The second kappa shape index (κ2) is 8.51. The number of hydrogen-bond donors (Lipinski definition) is 2. The second-order valence-corrected chi connectivity index (χ2v) is 5.60. The number of nitrogens with one attached hydrogen (secondary N) is 2. The average molecular weight is 375 g/mol. The first-order valence-electron chi connectivity index (χ1n) is 8.26. The lowest BCUT2D eigenvalue weighted by Crippen LogP contribution is -2.15. The Morgan fingerprint density at radius 3 is 2.54 bits per heavy atom. The summed E-state index contributed by atoms with van der Waals surface area (Å²) in [5.41, 5.74) is 1.89. The Morgan fingerprint density at radius 1 is 1.07 bits per heavy atom. The quantitative estimate of drug-likeness (QED) is 0.680. The van der Waals surface area contributed by atoms with Gasteiger partial charge in [-0.05, 0) is 42.5 Å². The lowest BCUT2D eigenvalue weighted by Gasteiger charge is -2.12. The molecule has 0 spiro atoms. The van der Waals surface area contributed by atoms with E-state index < -0.39 is 5.91 Å². The van der Waals surface area contributed by atoms with Gasteiger partial charge >= 0.3 is 0 Å². The molecule has 1 heterocycles. The topological polar surface area (TPSA) is 109 Å². The molecule has 8 nitrogen and oxygen atoms in total. The summed E-state index contributed by atoms with van der Waals surface area (Å²) >= 11 is 0. The van der Waals surface area contributed by atoms with Gasteiger partial charge in [-0.25, -0.2) is 9.97 Å². The molecule has 3 aromatic rings. The van der Waals surface area contributed by atoms with Crippen molar-refractivity contribution in [2.24, 2.45) is 0 Å². The number of carbonyl (C=O) groups is 1. The maximum atomic E-state index is 12.6. The number of amides is 1. The fourth-order valence-corrected chi connectivity index (χ4v) is 2.40. The second-order valence-electron chi connectivity index (χ2n) is 5.60. The Hall–Kier alpha value is -4.12. The van der Waals surface area contributed by atoms with Crippen LogP contribution < -0.4 is 20.1 Å². The molecule has 0 saturated carbocycles. The fraction of sp³-hybridized carbons (Fsp3) is 0.100. The number of aromatic nitrogens is 2. The smallest absolute Gasteiger partial charge is 0.274 e. The van der Waals surface area contributed by atoms with Gasteiger partial charge in [0, 0.05) is 18.0 Å². The highest BCUT2D eigenvalue weighted by molar-refractivity contribution is 6.04. The maximum Gasteiger partial charge on any atom is 0.274 e. The standard InChI is InChI=1S/C20H17N5O3/c1-27-15-7-8-18(28-2)17(11-15)24-19(26)16-9-10-22-20(25-16)23-14-5-3-13(12-21)4-6-14/h3-11H,1-2H3,(H,24,26)(H,22,23,25). The van der Waals surface area contributed by atoms with E-state index in [0.29, 0.717) is 28.4 Å². The summed E-state index contributed by atoms with van der Waals surface area (Å²) in [7, 11) is 3.06. The van der Waals surface area contributed by atoms with Crippen molar-refractivity contribution in [3.63, 3.8) is 0 Å². The summed E-state index contributed by atoms with van der Waals surface area (Å²) in [5.74, 6) is 0.924. The van der Waals surface area contributed by atoms with Gasteiger partial charge in [-0.2, -0.15) is 5.26 Å². The molecule has 0 aliphatic carbocycles. The molecule has 28 heavy (non-hydrogen) atoms. The van der Waals surface area contributed by atoms with Crippen molar-refractivity contribution in [1.29, 1.82) is 5.26 Å². The lowest BCUT2D eigenvalue weighted by atomic mass is 10.2. The minimum Gasteiger partial charge on any atom is -0.497 e. The molecule has 1 amide bonds. The maximum absolute atomic E-state index is 12.6. The number of benzene rings is 2. The van der Waals surface area contributed by atoms with Crippen LogP contribution in [0.3, 0.4) is 0 Å². The van der Waals surface area contributed by atoms with Gasteiger partial charge in [0.1, 0.15) is 17.2 Å². The number of ether oxygens (including phenoxy) is 2. The molecule has 1 aromatic heterocycles. The summed E-state index contributed by atoms with van der Waals surface area (Å²) in [5, 5.41) is 14.6. The number of rotatable bonds is 6. The summed E-state index contributed by atoms with van der Waals surface area (Å²) in [6.07, 6.45) is 1.48. The van der Waals surface area contributed by atoms with Gasteiger partial charge in [0.15, 0.2) is 0 Å². The van der Waals surface area contributed by atoms with Crippen LogP contribution >= 0.6 is 0 Å². The van der Waals surface area contributed by atoms with Gasteiger partial charge in [-0.15, -0.1) is 0 Å². The van der Waals surface area contributed by atoms with Crippen LogP contribution in [0.25, 0.3) is 0 Å². The molecule has 0 aliphatic rings. The largest absolute Gasteiger partial charge is 0.497 e. The van der Waals surface area contributed by atoms with Crippen molar-refractivity contribution in [3.05, 3.63) is 66.0 Å². The lowest BCUT2D eigenvalue weighted by molar-refractivity contribution is 0.102. The summed E-state index contributed by atoms with van der Waals surface area (Å²) < 4.78 is 10.4. The normalized spacial score (nSPS) is 9.89. The number of nitrogens with zero attached hydrogens (tertiary/aromatic N) is 3. The van der Waals surface area contributed by atoms with Crippen molar-refractivity contribution in [3.8, 4) is 17.6 Å². The van der Waals surface area contributed by atoms with Gasteiger partial charge < -0.3 is 20.1 Å². The molecule has 0 aliphatic heterocycles. The Balaban J connectivity index is 1.78. The highest BCUT2D eigenvalue weighted by Crippen LogP contribution is 2.29. The molecule has 0 unspecified atom stereocenters. The molecular formula is C20H17N5O3. The van der Waals surface area contributed by atoms with Crippen LogP contribution in [0.4, 0.5) is 17.3 Å². The van der Waals surface area contributed by atoms with Gasteiger partial charge in [0.2, 0.25) is 5.95 Å². The Bertz CT molecular complexity index is 1030. The third-order valence-corrected chi connectivity index (χ3v) is 3.81. The number of hydrogen-bond acceptors (Lipinski definition) is 7. The third-order valence-electron chi connectivity index (χ3n) is 3.81. The SMILES string of the molecule is COc1ccc(OC)c(NC(=O)c2ccnc(Nc3ccc(C#N)cc3)n2)c1. The minimum absolute atomic E-state index is 0.177. The molecule has 2 N–H and O–H groups in total. The van der Waals surface area contributed by atoms with E-state index in [4.69, 9.17) is 14.7 Å². The van der Waals surface area contributed by atoms with Crippen LogP contribution in [0.15, 0.2) is 54.7 Å². The highest BCUT2D eigenvalue weighted by Gasteiger charge is 2.13. The van der Waals surface area contributed by atoms with Crippen LogP contribution in [-0.4, -0.2) is 30.1 Å².